The molecule has 1 heterocycles. The van der Waals surface area contributed by atoms with Crippen molar-refractivity contribution in [1.29, 1.82) is 0 Å². The summed E-state index contributed by atoms with van der Waals surface area (Å²) in [6.07, 6.45) is 1.17. The average molecular weight is 460 g/mol. The molecule has 0 amide bonds. The van der Waals surface area contributed by atoms with Crippen molar-refractivity contribution < 1.29 is 14.4 Å². The maximum Gasteiger partial charge on any atom is 0.349 e. The topological polar surface area (TPSA) is 129 Å². The van der Waals surface area contributed by atoms with Crippen molar-refractivity contribution >= 4 is 22.8 Å². The first-order valence-corrected chi connectivity index (χ1v) is 10.2. The Morgan fingerprint density at radius 2 is 1.91 bits per heavy atom. The maximum atomic E-state index is 12.6. The van der Waals surface area contributed by atoms with Gasteiger partial charge in [0.15, 0.2) is 5.75 Å². The molecule has 172 valence electrons. The maximum absolute atomic E-state index is 12.6. The third-order valence-electron chi connectivity index (χ3n) is 5.05. The van der Waals surface area contributed by atoms with Crippen LogP contribution in [0.2, 0.25) is 0 Å². The van der Waals surface area contributed by atoms with Crippen LogP contribution in [0.25, 0.3) is 10.9 Å². The molecule has 4 rings (SSSR count). The normalized spacial score (nSPS) is 11.1. The summed E-state index contributed by atoms with van der Waals surface area (Å²) in [6.45, 7) is 2.04. The van der Waals surface area contributed by atoms with Crippen molar-refractivity contribution in [2.45, 2.75) is 13.5 Å². The first-order chi connectivity index (χ1) is 16.4. The second-order valence-corrected chi connectivity index (χ2v) is 7.44. The molecule has 0 spiro atoms. The molecule has 10 nitrogen and oxygen atoms in total. The fourth-order valence-electron chi connectivity index (χ4n) is 3.45. The number of ether oxygens (including phenoxy) is 2. The Labute approximate surface area is 192 Å². The van der Waals surface area contributed by atoms with E-state index in [0.717, 1.165) is 11.1 Å². The lowest BCUT2D eigenvalue weighted by atomic mass is 10.1. The fraction of sp³-hybridized carbons (Fsp3) is 0.125. The van der Waals surface area contributed by atoms with Gasteiger partial charge in [0.25, 0.3) is 5.56 Å². The highest BCUT2D eigenvalue weighted by molar-refractivity contribution is 5.83. The molecule has 0 aliphatic rings. The van der Waals surface area contributed by atoms with Gasteiger partial charge in [0, 0.05) is 11.6 Å². The van der Waals surface area contributed by atoms with Crippen LogP contribution in [0, 0.1) is 17.0 Å². The largest absolute Gasteiger partial charge is 0.493 e. The molecule has 34 heavy (non-hydrogen) atoms. The second-order valence-electron chi connectivity index (χ2n) is 7.44. The first kappa shape index (κ1) is 22.5. The molecule has 0 fully saturated rings. The zero-order chi connectivity index (χ0) is 24.2. The van der Waals surface area contributed by atoms with Crippen LogP contribution in [-0.2, 0) is 6.61 Å². The zero-order valence-corrected chi connectivity index (χ0v) is 18.3. The summed E-state index contributed by atoms with van der Waals surface area (Å²) >= 11 is 0. The average Bonchev–Trinajstić information content (AvgIpc) is 2.82. The number of nitro benzene ring substituents is 1. The van der Waals surface area contributed by atoms with E-state index in [0.29, 0.717) is 10.2 Å². The Morgan fingerprint density at radius 3 is 2.65 bits per heavy atom. The quantitative estimate of drug-likeness (QED) is 0.256. The van der Waals surface area contributed by atoms with Crippen LogP contribution in [0.3, 0.4) is 0 Å². The van der Waals surface area contributed by atoms with E-state index >= 15 is 0 Å². The minimum Gasteiger partial charge on any atom is -0.493 e. The number of aryl methyl sites for hydroxylation is 1. The third-order valence-corrected chi connectivity index (χ3v) is 5.05. The number of nitrogens with zero attached hydrogens (tertiary/aromatic N) is 3. The predicted molar refractivity (Wildman–Crippen MR) is 127 cm³/mol. The standard InChI is InChI=1S/C24H20N4O6/c1-15-6-5-7-16(10-15)14-34-22-20(28(31)32)11-17(12-21(22)33-2)13-25-27-23(29)18-8-3-4-9-19(18)26-24(27)30/h3-13H,14H2,1-2H3,(H,26,30). The lowest BCUT2D eigenvalue weighted by Gasteiger charge is -2.12. The molecule has 0 aliphatic carbocycles. The van der Waals surface area contributed by atoms with E-state index in [2.05, 4.69) is 10.1 Å². The highest BCUT2D eigenvalue weighted by Gasteiger charge is 2.22. The molecule has 1 N–H and O–H groups in total. The summed E-state index contributed by atoms with van der Waals surface area (Å²) in [4.78, 5) is 38.7. The van der Waals surface area contributed by atoms with Crippen LogP contribution in [0.5, 0.6) is 11.5 Å². The van der Waals surface area contributed by atoms with Crippen LogP contribution < -0.4 is 20.7 Å². The van der Waals surface area contributed by atoms with Crippen LogP contribution in [0.4, 0.5) is 5.69 Å². The van der Waals surface area contributed by atoms with Crippen molar-refractivity contribution in [2.75, 3.05) is 7.11 Å². The molecule has 0 saturated carbocycles. The molecular formula is C24H20N4O6. The fourth-order valence-corrected chi connectivity index (χ4v) is 3.45. The number of para-hydroxylation sites is 1. The van der Waals surface area contributed by atoms with Gasteiger partial charge in [-0.3, -0.25) is 14.9 Å². The number of aromatic amines is 1. The number of rotatable bonds is 7. The van der Waals surface area contributed by atoms with Gasteiger partial charge in [-0.2, -0.15) is 5.10 Å². The van der Waals surface area contributed by atoms with Crippen molar-refractivity contribution in [3.8, 4) is 11.5 Å². The molecule has 0 unspecified atom stereocenters. The van der Waals surface area contributed by atoms with Gasteiger partial charge < -0.3 is 14.5 Å². The number of hydrogen-bond acceptors (Lipinski definition) is 7. The van der Waals surface area contributed by atoms with Gasteiger partial charge in [-0.15, -0.1) is 4.68 Å². The SMILES string of the molecule is COc1cc(C=Nn2c(=O)[nH]c3ccccc3c2=O)cc([N+](=O)[O-])c1OCc1cccc(C)c1. The van der Waals surface area contributed by atoms with Crippen LogP contribution in [0.1, 0.15) is 16.7 Å². The minimum atomic E-state index is -0.737. The molecule has 0 bridgehead atoms. The zero-order valence-electron chi connectivity index (χ0n) is 18.3. The van der Waals surface area contributed by atoms with Crippen molar-refractivity contribution in [1.82, 2.24) is 9.66 Å². The highest BCUT2D eigenvalue weighted by atomic mass is 16.6. The van der Waals surface area contributed by atoms with Gasteiger partial charge in [-0.1, -0.05) is 42.0 Å². The molecule has 0 aliphatic heterocycles. The molecule has 1 aromatic heterocycles. The molecule has 4 aromatic rings. The number of aromatic nitrogens is 2. The Balaban J connectivity index is 1.71. The van der Waals surface area contributed by atoms with E-state index in [9.17, 15) is 19.7 Å². The van der Waals surface area contributed by atoms with Gasteiger partial charge in [0.1, 0.15) is 6.61 Å². The van der Waals surface area contributed by atoms with Gasteiger partial charge in [-0.25, -0.2) is 4.79 Å². The summed E-state index contributed by atoms with van der Waals surface area (Å²) in [5.41, 5.74) is 0.815. The van der Waals surface area contributed by atoms with E-state index in [1.807, 2.05) is 31.2 Å². The third kappa shape index (κ3) is 4.56. The van der Waals surface area contributed by atoms with E-state index in [1.165, 1.54) is 25.5 Å². The van der Waals surface area contributed by atoms with Crippen LogP contribution in [-0.4, -0.2) is 27.9 Å². The van der Waals surface area contributed by atoms with Crippen molar-refractivity contribution in [3.05, 3.63) is 108 Å². The summed E-state index contributed by atoms with van der Waals surface area (Å²) in [5.74, 6) is 0.0787. The Bertz CT molecular complexity index is 1540. The van der Waals surface area contributed by atoms with Gasteiger partial charge in [0.2, 0.25) is 5.75 Å². The van der Waals surface area contributed by atoms with Gasteiger partial charge in [0.05, 0.1) is 29.2 Å². The monoisotopic (exact) mass is 460 g/mol. The van der Waals surface area contributed by atoms with E-state index < -0.39 is 16.2 Å². The predicted octanol–water partition coefficient (Wildman–Crippen LogP) is 3.38. The van der Waals surface area contributed by atoms with Gasteiger partial charge in [-0.05, 0) is 30.7 Å². The molecule has 10 heteroatoms. The number of methoxy groups -OCH3 is 1. The van der Waals surface area contributed by atoms with Crippen molar-refractivity contribution in [3.63, 3.8) is 0 Å². The number of H-pyrrole nitrogens is 1. The lowest BCUT2D eigenvalue weighted by molar-refractivity contribution is -0.386. The number of nitro groups is 1. The molecule has 3 aromatic carbocycles. The Morgan fingerprint density at radius 1 is 1.12 bits per heavy atom. The number of hydrogen-bond donors (Lipinski definition) is 1. The van der Waals surface area contributed by atoms with Crippen LogP contribution in [0.15, 0.2) is 75.4 Å². The second kappa shape index (κ2) is 9.41. The van der Waals surface area contributed by atoms with E-state index in [-0.39, 0.29) is 34.7 Å². The molecule has 0 atom stereocenters. The van der Waals surface area contributed by atoms with E-state index in [4.69, 9.17) is 9.47 Å². The summed E-state index contributed by atoms with van der Waals surface area (Å²) in [7, 11) is 1.36. The minimum absolute atomic E-state index is 0.0353. The number of benzene rings is 3. The smallest absolute Gasteiger partial charge is 0.349 e. The molecule has 0 saturated heterocycles. The first-order valence-electron chi connectivity index (χ1n) is 10.2. The Kier molecular flexibility index (Phi) is 6.22. The molecular weight excluding hydrogens is 440 g/mol. The molecule has 0 radical (unpaired) electrons. The van der Waals surface area contributed by atoms with Crippen LogP contribution >= 0.6 is 0 Å². The number of nitrogens with one attached hydrogen (secondary N) is 1. The summed E-state index contributed by atoms with van der Waals surface area (Å²) < 4.78 is 11.7. The highest BCUT2D eigenvalue weighted by Crippen LogP contribution is 2.38. The summed E-state index contributed by atoms with van der Waals surface area (Å²) in [6, 6.07) is 16.8. The van der Waals surface area contributed by atoms with Crippen molar-refractivity contribution in [2.24, 2.45) is 5.10 Å². The summed E-state index contributed by atoms with van der Waals surface area (Å²) in [5, 5.41) is 16.0. The lowest BCUT2D eigenvalue weighted by Crippen LogP contribution is -2.32. The Hall–Kier alpha value is -4.73. The number of fused-ring (bicyclic) bond motifs is 1. The van der Waals surface area contributed by atoms with E-state index in [1.54, 1.807) is 24.3 Å². The van der Waals surface area contributed by atoms with Gasteiger partial charge >= 0.3 is 11.4 Å².